The highest BCUT2D eigenvalue weighted by Gasteiger charge is 2.34. The summed E-state index contributed by atoms with van der Waals surface area (Å²) in [5.41, 5.74) is -0.907. The molecule has 2 aromatic heterocycles. The first-order valence-electron chi connectivity index (χ1n) is 7.70. The summed E-state index contributed by atoms with van der Waals surface area (Å²) in [6.45, 7) is 4.63. The molecule has 1 aliphatic rings. The number of piperazine rings is 1. The maximum absolute atomic E-state index is 12.8. The Bertz CT molecular complexity index is 699. The van der Waals surface area contributed by atoms with Crippen LogP contribution in [0.4, 0.5) is 19.1 Å². The number of nitrogens with zero attached hydrogens (tertiary/aromatic N) is 6. The normalized spacial score (nSPS) is 19.7. The van der Waals surface area contributed by atoms with Crippen LogP contribution in [0.15, 0.2) is 24.7 Å². The molecule has 0 aliphatic carbocycles. The molecule has 9 heteroatoms. The van der Waals surface area contributed by atoms with Crippen molar-refractivity contribution in [2.45, 2.75) is 25.7 Å². The van der Waals surface area contributed by atoms with Crippen molar-refractivity contribution in [2.24, 2.45) is 7.05 Å². The Morgan fingerprint density at radius 3 is 2.62 bits per heavy atom. The van der Waals surface area contributed by atoms with Crippen molar-refractivity contribution in [3.05, 3.63) is 36.2 Å². The highest BCUT2D eigenvalue weighted by Crippen LogP contribution is 2.28. The lowest BCUT2D eigenvalue weighted by Crippen LogP contribution is -2.52. The number of alkyl halides is 3. The Labute approximate surface area is 137 Å². The Kier molecular flexibility index (Phi) is 4.44. The lowest BCUT2D eigenvalue weighted by atomic mass is 10.2. The predicted octanol–water partition coefficient (Wildman–Crippen LogP) is 1.94. The molecule has 0 radical (unpaired) electrons. The van der Waals surface area contributed by atoms with Crippen LogP contribution in [-0.2, 0) is 19.8 Å². The van der Waals surface area contributed by atoms with Crippen LogP contribution in [0.2, 0.25) is 0 Å². The van der Waals surface area contributed by atoms with Gasteiger partial charge in [-0.15, -0.1) is 0 Å². The first-order chi connectivity index (χ1) is 11.3. The zero-order valence-electron chi connectivity index (χ0n) is 13.5. The number of imidazole rings is 1. The molecular formula is C15H19F3N6. The van der Waals surface area contributed by atoms with Gasteiger partial charge in [0.2, 0.25) is 5.95 Å². The monoisotopic (exact) mass is 340 g/mol. The van der Waals surface area contributed by atoms with Crippen molar-refractivity contribution in [3.63, 3.8) is 0 Å². The first-order valence-corrected chi connectivity index (χ1v) is 7.70. The van der Waals surface area contributed by atoms with Crippen LogP contribution in [0.25, 0.3) is 0 Å². The topological polar surface area (TPSA) is 50.1 Å². The molecule has 3 heterocycles. The molecule has 0 bridgehead atoms. The second-order valence-corrected chi connectivity index (χ2v) is 5.96. The highest BCUT2D eigenvalue weighted by atomic mass is 19.4. The standard InChI is InChI=1S/C15H19F3N6/c1-11-9-24(14-20-4-3-12(21-14)15(16,17)18)8-7-23(11)10-13-19-5-6-22(13)2/h3-6,11H,7-10H2,1-2H3/t11-/m0/s1. The quantitative estimate of drug-likeness (QED) is 0.855. The third kappa shape index (κ3) is 3.50. The molecule has 0 unspecified atom stereocenters. The van der Waals surface area contributed by atoms with E-state index in [2.05, 4.69) is 19.9 Å². The minimum atomic E-state index is -4.46. The second-order valence-electron chi connectivity index (χ2n) is 5.96. The van der Waals surface area contributed by atoms with Crippen LogP contribution in [0.3, 0.4) is 0 Å². The summed E-state index contributed by atoms with van der Waals surface area (Å²) < 4.78 is 40.4. The van der Waals surface area contributed by atoms with E-state index in [0.717, 1.165) is 18.1 Å². The molecule has 0 saturated carbocycles. The van der Waals surface area contributed by atoms with Gasteiger partial charge in [0.05, 0.1) is 6.54 Å². The van der Waals surface area contributed by atoms with Gasteiger partial charge in [0.15, 0.2) is 0 Å². The molecule has 0 N–H and O–H groups in total. The molecule has 1 atom stereocenters. The van der Waals surface area contributed by atoms with Gasteiger partial charge < -0.3 is 9.47 Å². The molecule has 1 aliphatic heterocycles. The van der Waals surface area contributed by atoms with Gasteiger partial charge in [0.25, 0.3) is 0 Å². The minimum absolute atomic E-state index is 0.133. The Balaban J connectivity index is 1.68. The summed E-state index contributed by atoms with van der Waals surface area (Å²) in [5.74, 6) is 1.10. The molecule has 0 spiro atoms. The van der Waals surface area contributed by atoms with E-state index in [0.29, 0.717) is 26.2 Å². The number of hydrogen-bond donors (Lipinski definition) is 0. The van der Waals surface area contributed by atoms with Crippen molar-refractivity contribution in [3.8, 4) is 0 Å². The SMILES string of the molecule is C[C@H]1CN(c2nccc(C(F)(F)F)n2)CCN1Cc1nccn1C. The number of hydrogen-bond acceptors (Lipinski definition) is 5. The lowest BCUT2D eigenvalue weighted by Gasteiger charge is -2.39. The van der Waals surface area contributed by atoms with Gasteiger partial charge in [-0.2, -0.15) is 13.2 Å². The van der Waals surface area contributed by atoms with E-state index < -0.39 is 11.9 Å². The van der Waals surface area contributed by atoms with Gasteiger partial charge in [-0.25, -0.2) is 15.0 Å². The van der Waals surface area contributed by atoms with Crippen molar-refractivity contribution >= 4 is 5.95 Å². The van der Waals surface area contributed by atoms with E-state index in [1.807, 2.05) is 24.7 Å². The second kappa shape index (κ2) is 6.39. The lowest BCUT2D eigenvalue weighted by molar-refractivity contribution is -0.141. The van der Waals surface area contributed by atoms with Crippen molar-refractivity contribution in [1.82, 2.24) is 24.4 Å². The Morgan fingerprint density at radius 2 is 2.00 bits per heavy atom. The Hall–Kier alpha value is -2.16. The largest absolute Gasteiger partial charge is 0.433 e. The number of aromatic nitrogens is 4. The molecule has 1 saturated heterocycles. The molecule has 24 heavy (non-hydrogen) atoms. The van der Waals surface area contributed by atoms with Gasteiger partial charge in [-0.1, -0.05) is 0 Å². The van der Waals surface area contributed by atoms with E-state index in [9.17, 15) is 13.2 Å². The van der Waals surface area contributed by atoms with Crippen LogP contribution in [0.1, 0.15) is 18.4 Å². The van der Waals surface area contributed by atoms with Crippen LogP contribution in [-0.4, -0.2) is 50.1 Å². The summed E-state index contributed by atoms with van der Waals surface area (Å²) in [4.78, 5) is 16.1. The molecule has 0 aromatic carbocycles. The van der Waals surface area contributed by atoms with Gasteiger partial charge in [-0.05, 0) is 13.0 Å². The minimum Gasteiger partial charge on any atom is -0.338 e. The van der Waals surface area contributed by atoms with E-state index >= 15 is 0 Å². The van der Waals surface area contributed by atoms with E-state index in [-0.39, 0.29) is 12.0 Å². The molecule has 2 aromatic rings. The average molecular weight is 340 g/mol. The van der Waals surface area contributed by atoms with Crippen molar-refractivity contribution < 1.29 is 13.2 Å². The van der Waals surface area contributed by atoms with Crippen molar-refractivity contribution in [2.75, 3.05) is 24.5 Å². The van der Waals surface area contributed by atoms with Gasteiger partial charge >= 0.3 is 6.18 Å². The molecule has 6 nitrogen and oxygen atoms in total. The maximum atomic E-state index is 12.8. The fraction of sp³-hybridized carbons (Fsp3) is 0.533. The fourth-order valence-electron chi connectivity index (χ4n) is 2.80. The molecule has 1 fully saturated rings. The number of anilines is 1. The van der Waals surface area contributed by atoms with E-state index in [4.69, 9.17) is 0 Å². The summed E-state index contributed by atoms with van der Waals surface area (Å²) in [6, 6.07) is 1.05. The van der Waals surface area contributed by atoms with Crippen LogP contribution < -0.4 is 4.90 Å². The van der Waals surface area contributed by atoms with E-state index in [1.165, 1.54) is 0 Å². The molecule has 0 amide bonds. The number of halogens is 3. The highest BCUT2D eigenvalue weighted by molar-refractivity contribution is 5.32. The zero-order valence-corrected chi connectivity index (χ0v) is 13.5. The number of aryl methyl sites for hydroxylation is 1. The van der Waals surface area contributed by atoms with Gasteiger partial charge in [0, 0.05) is 51.3 Å². The average Bonchev–Trinajstić information content (AvgIpc) is 2.94. The van der Waals surface area contributed by atoms with E-state index in [1.54, 1.807) is 11.1 Å². The summed E-state index contributed by atoms with van der Waals surface area (Å²) in [7, 11) is 1.94. The Morgan fingerprint density at radius 1 is 1.21 bits per heavy atom. The number of rotatable bonds is 3. The van der Waals surface area contributed by atoms with Gasteiger partial charge in [0.1, 0.15) is 11.5 Å². The van der Waals surface area contributed by atoms with Crippen LogP contribution >= 0.6 is 0 Å². The fourth-order valence-corrected chi connectivity index (χ4v) is 2.80. The summed E-state index contributed by atoms with van der Waals surface area (Å²) >= 11 is 0. The maximum Gasteiger partial charge on any atom is 0.433 e. The van der Waals surface area contributed by atoms with Crippen LogP contribution in [0, 0.1) is 0 Å². The van der Waals surface area contributed by atoms with Crippen molar-refractivity contribution in [1.29, 1.82) is 0 Å². The smallest absolute Gasteiger partial charge is 0.338 e. The van der Waals surface area contributed by atoms with Gasteiger partial charge in [-0.3, -0.25) is 4.90 Å². The predicted molar refractivity (Wildman–Crippen MR) is 82.3 cm³/mol. The third-order valence-corrected chi connectivity index (χ3v) is 4.25. The zero-order chi connectivity index (χ0) is 17.3. The molecular weight excluding hydrogens is 321 g/mol. The van der Waals surface area contributed by atoms with Crippen LogP contribution in [0.5, 0.6) is 0 Å². The summed E-state index contributed by atoms with van der Waals surface area (Å²) in [5, 5.41) is 0. The summed E-state index contributed by atoms with van der Waals surface area (Å²) in [6.07, 6.45) is 0.360. The molecule has 3 rings (SSSR count). The molecule has 130 valence electrons. The third-order valence-electron chi connectivity index (χ3n) is 4.25. The first kappa shape index (κ1) is 16.7.